The zero-order chi connectivity index (χ0) is 21.9. The van der Waals surface area contributed by atoms with Gasteiger partial charge in [0.2, 0.25) is 5.91 Å². The molecule has 4 saturated carbocycles. The van der Waals surface area contributed by atoms with Gasteiger partial charge >= 0.3 is 6.09 Å². The second-order valence-electron chi connectivity index (χ2n) is 9.91. The van der Waals surface area contributed by atoms with Crippen molar-refractivity contribution in [2.24, 2.45) is 23.7 Å². The van der Waals surface area contributed by atoms with Gasteiger partial charge in [-0.2, -0.15) is 0 Å². The molecule has 1 atom stereocenters. The van der Waals surface area contributed by atoms with Crippen LogP contribution in [0.4, 0.5) is 4.79 Å². The molecule has 4 bridgehead atoms. The third-order valence-electron chi connectivity index (χ3n) is 7.64. The SMILES string of the molecule is O=C(N[C@H](Cc1ccccc1)C(=O)NC1C2CC3CC(C2)CC1C3)OCc1ccccc1. The molecule has 168 valence electrons. The van der Waals surface area contributed by atoms with E-state index in [0.29, 0.717) is 18.3 Å². The van der Waals surface area contributed by atoms with Gasteiger partial charge < -0.3 is 15.4 Å². The zero-order valence-corrected chi connectivity index (χ0v) is 18.4. The average molecular weight is 433 g/mol. The van der Waals surface area contributed by atoms with Crippen LogP contribution in [0.2, 0.25) is 0 Å². The lowest BCUT2D eigenvalue weighted by Gasteiger charge is -2.54. The summed E-state index contributed by atoms with van der Waals surface area (Å²) in [5, 5.41) is 6.19. The van der Waals surface area contributed by atoms with Crippen LogP contribution in [-0.4, -0.2) is 24.1 Å². The van der Waals surface area contributed by atoms with Gasteiger partial charge in [0.05, 0.1) is 0 Å². The van der Waals surface area contributed by atoms with E-state index in [1.807, 2.05) is 60.7 Å². The molecular formula is C27H32N2O3. The fourth-order valence-electron chi connectivity index (χ4n) is 6.39. The number of ether oxygens (including phenoxy) is 1. The number of nitrogens with one attached hydrogen (secondary N) is 2. The lowest BCUT2D eigenvalue weighted by Crippen LogP contribution is -2.59. The fraction of sp³-hybridized carbons (Fsp3) is 0.481. The minimum absolute atomic E-state index is 0.0945. The first-order valence-electron chi connectivity index (χ1n) is 12.0. The third-order valence-corrected chi connectivity index (χ3v) is 7.64. The molecule has 4 fully saturated rings. The highest BCUT2D eigenvalue weighted by molar-refractivity contribution is 5.86. The zero-order valence-electron chi connectivity index (χ0n) is 18.4. The van der Waals surface area contributed by atoms with E-state index in [-0.39, 0.29) is 18.6 Å². The van der Waals surface area contributed by atoms with Crippen molar-refractivity contribution in [2.45, 2.75) is 57.2 Å². The molecule has 32 heavy (non-hydrogen) atoms. The molecule has 0 radical (unpaired) electrons. The Morgan fingerprint density at radius 1 is 0.812 bits per heavy atom. The Bertz CT molecular complexity index is 902. The van der Waals surface area contributed by atoms with Crippen molar-refractivity contribution >= 4 is 12.0 Å². The van der Waals surface area contributed by atoms with Crippen LogP contribution in [0.15, 0.2) is 60.7 Å². The quantitative estimate of drug-likeness (QED) is 0.679. The lowest BCUT2D eigenvalue weighted by molar-refractivity contribution is -0.127. The van der Waals surface area contributed by atoms with Crippen molar-refractivity contribution < 1.29 is 14.3 Å². The van der Waals surface area contributed by atoms with Gasteiger partial charge in [0, 0.05) is 12.5 Å². The molecule has 4 aliphatic carbocycles. The molecule has 0 aliphatic heterocycles. The molecule has 0 unspecified atom stereocenters. The van der Waals surface area contributed by atoms with Crippen LogP contribution in [0, 0.1) is 23.7 Å². The Hall–Kier alpha value is -2.82. The molecule has 0 aromatic heterocycles. The monoisotopic (exact) mass is 432 g/mol. The molecule has 2 aromatic rings. The number of hydrogen-bond donors (Lipinski definition) is 2. The third kappa shape index (κ3) is 4.82. The van der Waals surface area contributed by atoms with Crippen LogP contribution < -0.4 is 10.6 Å². The highest BCUT2D eigenvalue weighted by atomic mass is 16.5. The van der Waals surface area contributed by atoms with E-state index in [1.165, 1.54) is 32.1 Å². The van der Waals surface area contributed by atoms with Gasteiger partial charge in [0.1, 0.15) is 12.6 Å². The Balaban J connectivity index is 1.24. The molecule has 5 heteroatoms. The van der Waals surface area contributed by atoms with E-state index in [4.69, 9.17) is 4.74 Å². The Kier molecular flexibility index (Phi) is 6.15. The summed E-state index contributed by atoms with van der Waals surface area (Å²) in [5.74, 6) is 2.81. The summed E-state index contributed by atoms with van der Waals surface area (Å²) in [6.45, 7) is 0.182. The van der Waals surface area contributed by atoms with Crippen molar-refractivity contribution in [3.63, 3.8) is 0 Å². The van der Waals surface area contributed by atoms with Gasteiger partial charge in [-0.15, -0.1) is 0 Å². The fourth-order valence-corrected chi connectivity index (χ4v) is 6.39. The summed E-state index contributed by atoms with van der Waals surface area (Å²) in [4.78, 5) is 25.9. The normalized spacial score (nSPS) is 28.7. The molecule has 6 rings (SSSR count). The predicted octanol–water partition coefficient (Wildman–Crippen LogP) is 4.47. The van der Waals surface area contributed by atoms with Gasteiger partial charge in [0.15, 0.2) is 0 Å². The smallest absolute Gasteiger partial charge is 0.408 e. The summed E-state index contributed by atoms with van der Waals surface area (Å²) in [5.41, 5.74) is 1.93. The molecule has 0 heterocycles. The number of benzene rings is 2. The number of carbonyl (C=O) groups excluding carboxylic acids is 2. The van der Waals surface area contributed by atoms with Crippen LogP contribution in [0.1, 0.15) is 43.2 Å². The Morgan fingerprint density at radius 3 is 1.97 bits per heavy atom. The molecule has 0 spiro atoms. The number of amides is 2. The molecular weight excluding hydrogens is 400 g/mol. The number of rotatable bonds is 7. The highest BCUT2D eigenvalue weighted by Crippen LogP contribution is 2.53. The molecule has 4 aliphatic rings. The number of carbonyl (C=O) groups is 2. The maximum atomic E-state index is 13.4. The predicted molar refractivity (Wildman–Crippen MR) is 123 cm³/mol. The first-order valence-corrected chi connectivity index (χ1v) is 12.0. The van der Waals surface area contributed by atoms with Gasteiger partial charge in [0.25, 0.3) is 0 Å². The van der Waals surface area contributed by atoms with E-state index in [1.54, 1.807) is 0 Å². The summed E-state index contributed by atoms with van der Waals surface area (Å²) in [7, 11) is 0. The number of alkyl carbamates (subject to hydrolysis) is 1. The molecule has 2 N–H and O–H groups in total. The van der Waals surface area contributed by atoms with E-state index in [2.05, 4.69) is 10.6 Å². The Morgan fingerprint density at radius 2 is 1.38 bits per heavy atom. The van der Waals surface area contributed by atoms with E-state index in [9.17, 15) is 9.59 Å². The minimum atomic E-state index is -0.655. The number of hydrogen-bond acceptors (Lipinski definition) is 3. The maximum Gasteiger partial charge on any atom is 0.408 e. The van der Waals surface area contributed by atoms with Gasteiger partial charge in [-0.25, -0.2) is 4.79 Å². The van der Waals surface area contributed by atoms with Crippen molar-refractivity contribution in [1.29, 1.82) is 0 Å². The molecule has 2 aromatic carbocycles. The summed E-state index contributed by atoms with van der Waals surface area (Å²) in [6.07, 6.45) is 6.25. The molecule has 0 saturated heterocycles. The molecule has 5 nitrogen and oxygen atoms in total. The van der Waals surface area contributed by atoms with E-state index < -0.39 is 12.1 Å². The van der Waals surface area contributed by atoms with E-state index >= 15 is 0 Å². The first-order chi connectivity index (χ1) is 15.6. The van der Waals surface area contributed by atoms with Gasteiger partial charge in [-0.05, 0) is 66.9 Å². The summed E-state index contributed by atoms with van der Waals surface area (Å²) >= 11 is 0. The van der Waals surface area contributed by atoms with Crippen LogP contribution >= 0.6 is 0 Å². The van der Waals surface area contributed by atoms with Crippen LogP contribution in [-0.2, 0) is 22.6 Å². The van der Waals surface area contributed by atoms with Crippen molar-refractivity contribution in [1.82, 2.24) is 10.6 Å². The lowest BCUT2D eigenvalue weighted by atomic mass is 9.54. The van der Waals surface area contributed by atoms with Crippen LogP contribution in [0.25, 0.3) is 0 Å². The van der Waals surface area contributed by atoms with Crippen molar-refractivity contribution in [3.05, 3.63) is 71.8 Å². The largest absolute Gasteiger partial charge is 0.445 e. The minimum Gasteiger partial charge on any atom is -0.445 e. The second-order valence-corrected chi connectivity index (χ2v) is 9.91. The Labute approximate surface area is 189 Å². The van der Waals surface area contributed by atoms with Gasteiger partial charge in [-0.3, -0.25) is 4.79 Å². The molecule has 2 amide bonds. The topological polar surface area (TPSA) is 67.4 Å². The summed E-state index contributed by atoms with van der Waals surface area (Å²) in [6, 6.07) is 19.0. The second kappa shape index (κ2) is 9.35. The van der Waals surface area contributed by atoms with Crippen molar-refractivity contribution in [2.75, 3.05) is 0 Å². The first kappa shape index (κ1) is 21.0. The van der Waals surface area contributed by atoms with Crippen LogP contribution in [0.5, 0.6) is 0 Å². The maximum absolute atomic E-state index is 13.4. The summed E-state index contributed by atoms with van der Waals surface area (Å²) < 4.78 is 5.40. The highest BCUT2D eigenvalue weighted by Gasteiger charge is 2.49. The average Bonchev–Trinajstić information content (AvgIpc) is 2.80. The van der Waals surface area contributed by atoms with Crippen LogP contribution in [0.3, 0.4) is 0 Å². The van der Waals surface area contributed by atoms with Crippen molar-refractivity contribution in [3.8, 4) is 0 Å². The standard InChI is InChI=1S/C27H32N2O3/c30-26(29-25-22-12-20-11-21(14-22)15-23(25)13-20)24(16-18-7-3-1-4-8-18)28-27(31)32-17-19-9-5-2-6-10-19/h1-10,20-25H,11-17H2,(H,28,31)(H,29,30)/t20?,21?,22?,23?,24-,25?/m1/s1. The van der Waals surface area contributed by atoms with E-state index in [0.717, 1.165) is 23.0 Å². The van der Waals surface area contributed by atoms with Gasteiger partial charge in [-0.1, -0.05) is 60.7 Å².